The maximum Gasteiger partial charge on any atom is 0.417 e. The predicted molar refractivity (Wildman–Crippen MR) is 112 cm³/mol. The summed E-state index contributed by atoms with van der Waals surface area (Å²) in [5.74, 6) is -0.553. The van der Waals surface area contributed by atoms with Crippen molar-refractivity contribution in [1.29, 1.82) is 0 Å². The van der Waals surface area contributed by atoms with Crippen LogP contribution in [0.25, 0.3) is 11.6 Å². The lowest BCUT2D eigenvalue weighted by molar-refractivity contribution is -0.126. The van der Waals surface area contributed by atoms with Crippen LogP contribution in [0.4, 0.5) is 10.5 Å². The smallest absolute Gasteiger partial charge is 0.417 e. The average molecular weight is 422 g/mol. The van der Waals surface area contributed by atoms with Crippen LogP contribution in [0.2, 0.25) is 0 Å². The Hall–Kier alpha value is -3.43. The van der Waals surface area contributed by atoms with Gasteiger partial charge < -0.3 is 19.8 Å². The fourth-order valence-electron chi connectivity index (χ4n) is 4.00. The van der Waals surface area contributed by atoms with Gasteiger partial charge in [0.2, 0.25) is 0 Å². The molecule has 3 amide bonds. The summed E-state index contributed by atoms with van der Waals surface area (Å²) in [4.78, 5) is 42.7. The first kappa shape index (κ1) is 19.5. The fraction of sp³-hybridized carbons (Fsp3) is 0.318. The van der Waals surface area contributed by atoms with Gasteiger partial charge in [-0.1, -0.05) is 6.07 Å². The van der Waals surface area contributed by atoms with Crippen LogP contribution >= 0.6 is 0 Å². The zero-order chi connectivity index (χ0) is 21.4. The van der Waals surface area contributed by atoms with E-state index in [0.29, 0.717) is 11.3 Å². The molecule has 1 aromatic heterocycles. The molecule has 0 aliphatic carbocycles. The van der Waals surface area contributed by atoms with Gasteiger partial charge in [0.1, 0.15) is 0 Å². The number of nitrogens with one attached hydrogen (secondary N) is 2. The standard InChI is InChI=1S/C22H22N4O5/c27-20-13-31-22(29)26(20)12-14-1-2-19-17(8-14)18(21(28)24-19)9-16-7-15(10-23-16)11-25-3-5-30-6-4-25/h1-2,7-10,23H,3-6,11-13H2,(H,24,28). The van der Waals surface area contributed by atoms with Gasteiger partial charge in [-0.05, 0) is 35.4 Å². The van der Waals surface area contributed by atoms with Crippen LogP contribution in [0.15, 0.2) is 30.5 Å². The highest BCUT2D eigenvalue weighted by molar-refractivity contribution is 6.34. The van der Waals surface area contributed by atoms with Crippen LogP contribution in [0.3, 0.4) is 0 Å². The van der Waals surface area contributed by atoms with E-state index in [0.717, 1.165) is 60.1 Å². The predicted octanol–water partition coefficient (Wildman–Crippen LogP) is 1.82. The number of nitrogens with zero attached hydrogens (tertiary/aromatic N) is 2. The molecule has 0 saturated carbocycles. The molecule has 1 aromatic carbocycles. The van der Waals surface area contributed by atoms with E-state index in [1.54, 1.807) is 12.1 Å². The van der Waals surface area contributed by atoms with E-state index >= 15 is 0 Å². The largest absolute Gasteiger partial charge is 0.439 e. The number of fused-ring (bicyclic) bond motifs is 1. The average Bonchev–Trinajstić information content (AvgIpc) is 3.43. The van der Waals surface area contributed by atoms with Crippen LogP contribution in [-0.4, -0.2) is 65.6 Å². The molecule has 31 heavy (non-hydrogen) atoms. The first-order valence-electron chi connectivity index (χ1n) is 10.2. The Labute approximate surface area is 178 Å². The van der Waals surface area contributed by atoms with E-state index in [1.807, 2.05) is 24.4 Å². The number of H-pyrrole nitrogens is 1. The van der Waals surface area contributed by atoms with Gasteiger partial charge in [-0.2, -0.15) is 0 Å². The molecule has 3 aliphatic rings. The van der Waals surface area contributed by atoms with Gasteiger partial charge in [0.15, 0.2) is 6.61 Å². The van der Waals surface area contributed by atoms with Gasteiger partial charge in [0.05, 0.1) is 25.3 Å². The fourth-order valence-corrected chi connectivity index (χ4v) is 4.00. The molecule has 5 rings (SSSR count). The molecule has 0 unspecified atom stereocenters. The minimum absolute atomic E-state index is 0.110. The van der Waals surface area contributed by atoms with Crippen molar-refractivity contribution in [3.63, 3.8) is 0 Å². The molecule has 0 spiro atoms. The molecule has 9 heteroatoms. The first-order chi connectivity index (χ1) is 15.1. The van der Waals surface area contributed by atoms with Gasteiger partial charge in [0.25, 0.3) is 11.8 Å². The summed E-state index contributed by atoms with van der Waals surface area (Å²) < 4.78 is 10.2. The SMILES string of the molecule is O=C1Nc2ccc(CN3C(=O)COC3=O)cc2C1=Cc1cc(CN2CCOCC2)c[nH]1. The Morgan fingerprint density at radius 2 is 1.87 bits per heavy atom. The second-order valence-corrected chi connectivity index (χ2v) is 7.78. The summed E-state index contributed by atoms with van der Waals surface area (Å²) in [5, 5.41) is 2.86. The van der Waals surface area contributed by atoms with E-state index in [9.17, 15) is 14.4 Å². The number of carbonyl (C=O) groups is 3. The van der Waals surface area contributed by atoms with E-state index in [2.05, 4.69) is 15.2 Å². The summed E-state index contributed by atoms with van der Waals surface area (Å²) in [6.45, 7) is 4.03. The van der Waals surface area contributed by atoms with Crippen LogP contribution in [-0.2, 0) is 32.2 Å². The zero-order valence-electron chi connectivity index (χ0n) is 16.8. The number of cyclic esters (lactones) is 1. The number of carbonyl (C=O) groups excluding carboxylic acids is 3. The zero-order valence-corrected chi connectivity index (χ0v) is 16.8. The highest BCUT2D eigenvalue weighted by Crippen LogP contribution is 2.34. The molecule has 0 bridgehead atoms. The normalized spacial score (nSPS) is 20.3. The quantitative estimate of drug-likeness (QED) is 0.713. The van der Waals surface area contributed by atoms with Gasteiger partial charge in [-0.15, -0.1) is 0 Å². The Kier molecular flexibility index (Phi) is 5.05. The minimum Gasteiger partial charge on any atom is -0.439 e. The van der Waals surface area contributed by atoms with Gasteiger partial charge in [-0.25, -0.2) is 9.69 Å². The second-order valence-electron chi connectivity index (χ2n) is 7.78. The molecule has 2 aromatic rings. The number of amides is 3. The molecule has 0 atom stereocenters. The van der Waals surface area contributed by atoms with Gasteiger partial charge in [0, 0.05) is 42.8 Å². The monoisotopic (exact) mass is 422 g/mol. The van der Waals surface area contributed by atoms with Gasteiger partial charge >= 0.3 is 6.09 Å². The summed E-state index contributed by atoms with van der Waals surface area (Å²) in [6.07, 6.45) is 3.13. The van der Waals surface area contributed by atoms with Gasteiger partial charge in [-0.3, -0.25) is 14.5 Å². The highest BCUT2D eigenvalue weighted by atomic mass is 16.6. The molecular weight excluding hydrogens is 400 g/mol. The Morgan fingerprint density at radius 1 is 1.03 bits per heavy atom. The van der Waals surface area contributed by atoms with E-state index in [1.165, 1.54) is 0 Å². The number of morpholine rings is 1. The minimum atomic E-state index is -0.644. The summed E-state index contributed by atoms with van der Waals surface area (Å²) in [5.41, 5.74) is 4.71. The third kappa shape index (κ3) is 3.97. The molecular formula is C22H22N4O5. The van der Waals surface area contributed by atoms with Crippen molar-refractivity contribution in [1.82, 2.24) is 14.8 Å². The second kappa shape index (κ2) is 8.01. The third-order valence-electron chi connectivity index (χ3n) is 5.62. The molecule has 3 aliphatic heterocycles. The number of hydrogen-bond donors (Lipinski definition) is 2. The van der Waals surface area contributed by atoms with Crippen molar-refractivity contribution in [3.8, 4) is 0 Å². The number of aromatic amines is 1. The number of benzene rings is 1. The van der Waals surface area contributed by atoms with Crippen molar-refractivity contribution in [3.05, 3.63) is 52.8 Å². The van der Waals surface area contributed by atoms with Crippen molar-refractivity contribution in [2.24, 2.45) is 0 Å². The van der Waals surface area contributed by atoms with E-state index in [-0.39, 0.29) is 25.0 Å². The molecule has 9 nitrogen and oxygen atoms in total. The number of hydrogen-bond acceptors (Lipinski definition) is 6. The van der Waals surface area contributed by atoms with Crippen LogP contribution in [0.1, 0.15) is 22.4 Å². The first-order valence-corrected chi connectivity index (χ1v) is 10.2. The maximum absolute atomic E-state index is 12.6. The number of anilines is 1. The topological polar surface area (TPSA) is 104 Å². The number of imide groups is 1. The molecule has 4 heterocycles. The lowest BCUT2D eigenvalue weighted by atomic mass is 10.0. The summed E-state index contributed by atoms with van der Waals surface area (Å²) in [6, 6.07) is 7.44. The summed E-state index contributed by atoms with van der Waals surface area (Å²) in [7, 11) is 0. The van der Waals surface area contributed by atoms with Crippen molar-refractivity contribution >= 4 is 35.2 Å². The van der Waals surface area contributed by atoms with Crippen molar-refractivity contribution < 1.29 is 23.9 Å². The van der Waals surface area contributed by atoms with Crippen molar-refractivity contribution in [2.45, 2.75) is 13.1 Å². The van der Waals surface area contributed by atoms with Crippen LogP contribution < -0.4 is 5.32 Å². The number of rotatable bonds is 5. The molecule has 2 fully saturated rings. The maximum atomic E-state index is 12.6. The lowest BCUT2D eigenvalue weighted by Gasteiger charge is -2.25. The Balaban J connectivity index is 1.36. The lowest BCUT2D eigenvalue weighted by Crippen LogP contribution is -2.35. The van der Waals surface area contributed by atoms with Crippen molar-refractivity contribution in [2.75, 3.05) is 38.2 Å². The third-order valence-corrected chi connectivity index (χ3v) is 5.62. The summed E-state index contributed by atoms with van der Waals surface area (Å²) >= 11 is 0. The molecule has 0 radical (unpaired) electrons. The number of aromatic nitrogens is 1. The molecule has 160 valence electrons. The Morgan fingerprint density at radius 3 is 2.65 bits per heavy atom. The highest BCUT2D eigenvalue weighted by Gasteiger charge is 2.32. The van der Waals surface area contributed by atoms with Crippen LogP contribution in [0.5, 0.6) is 0 Å². The molecule has 2 N–H and O–H groups in total. The Bertz CT molecular complexity index is 1070. The van der Waals surface area contributed by atoms with E-state index < -0.39 is 6.09 Å². The number of ether oxygens (including phenoxy) is 2. The van der Waals surface area contributed by atoms with E-state index in [4.69, 9.17) is 9.47 Å². The van der Waals surface area contributed by atoms with Crippen LogP contribution in [0, 0.1) is 0 Å². The molecule has 2 saturated heterocycles.